The average Bonchev–Trinajstić information content (AvgIpc) is 3.30. The minimum atomic E-state index is -0.381. The van der Waals surface area contributed by atoms with E-state index in [1.807, 2.05) is 0 Å². The van der Waals surface area contributed by atoms with E-state index in [-0.39, 0.29) is 5.41 Å². The Labute approximate surface area is 229 Å². The Bertz CT molecular complexity index is 1730. The molecule has 39 heavy (non-hydrogen) atoms. The number of rotatable bonds is 3. The molecule has 0 amide bonds. The van der Waals surface area contributed by atoms with Crippen LogP contribution in [0.3, 0.4) is 0 Å². The predicted molar refractivity (Wildman–Crippen MR) is 162 cm³/mol. The van der Waals surface area contributed by atoms with Gasteiger partial charge < -0.3 is 10.2 Å². The number of anilines is 5. The molecule has 0 fully saturated rings. The number of hydrogen-bond acceptors (Lipinski definition) is 2. The lowest BCUT2D eigenvalue weighted by Crippen LogP contribution is -2.36. The van der Waals surface area contributed by atoms with Crippen molar-refractivity contribution in [1.82, 2.24) is 0 Å². The van der Waals surface area contributed by atoms with Crippen molar-refractivity contribution in [3.8, 4) is 0 Å². The van der Waals surface area contributed by atoms with Crippen molar-refractivity contribution >= 4 is 34.0 Å². The van der Waals surface area contributed by atoms with E-state index in [2.05, 4.69) is 150 Å². The summed E-state index contributed by atoms with van der Waals surface area (Å²) in [6.45, 7) is 0. The first-order valence-electron chi connectivity index (χ1n) is 13.8. The fourth-order valence-corrected chi connectivity index (χ4v) is 7.07. The quantitative estimate of drug-likeness (QED) is 0.265. The smallest absolute Gasteiger partial charge is 0.0751 e. The summed E-state index contributed by atoms with van der Waals surface area (Å²) >= 11 is 0. The fourth-order valence-electron chi connectivity index (χ4n) is 7.07. The zero-order valence-electron chi connectivity index (χ0n) is 21.6. The van der Waals surface area contributed by atoms with Crippen LogP contribution < -0.4 is 10.2 Å². The molecule has 1 N–H and O–H groups in total. The van der Waals surface area contributed by atoms with Crippen LogP contribution >= 0.6 is 0 Å². The Kier molecular flexibility index (Phi) is 4.90. The van der Waals surface area contributed by atoms with Crippen LogP contribution in [0.15, 0.2) is 145 Å². The molecule has 5 aromatic carbocycles. The van der Waals surface area contributed by atoms with E-state index in [4.69, 9.17) is 0 Å². The summed E-state index contributed by atoms with van der Waals surface area (Å²) < 4.78 is 0. The van der Waals surface area contributed by atoms with E-state index >= 15 is 0 Å². The van der Waals surface area contributed by atoms with E-state index in [0.717, 1.165) is 18.5 Å². The molecule has 5 aromatic rings. The van der Waals surface area contributed by atoms with Crippen molar-refractivity contribution in [3.63, 3.8) is 0 Å². The summed E-state index contributed by atoms with van der Waals surface area (Å²) in [7, 11) is 0. The van der Waals surface area contributed by atoms with Crippen LogP contribution in [-0.2, 0) is 5.41 Å². The zero-order valence-corrected chi connectivity index (χ0v) is 21.6. The third-order valence-corrected chi connectivity index (χ3v) is 8.51. The van der Waals surface area contributed by atoms with Gasteiger partial charge in [0, 0.05) is 22.6 Å². The lowest BCUT2D eigenvalue weighted by Gasteiger charge is -2.45. The normalized spacial score (nSPS) is 15.9. The van der Waals surface area contributed by atoms with Crippen LogP contribution in [0.2, 0.25) is 0 Å². The Morgan fingerprint density at radius 2 is 1.21 bits per heavy atom. The highest BCUT2D eigenvalue weighted by molar-refractivity contribution is 5.99. The first kappa shape index (κ1) is 22.2. The maximum Gasteiger partial charge on any atom is 0.0751 e. The van der Waals surface area contributed by atoms with Gasteiger partial charge in [-0.1, -0.05) is 97.1 Å². The molecule has 1 spiro atoms. The number of fused-ring (bicyclic) bond motifs is 8. The second-order valence-electron chi connectivity index (χ2n) is 10.5. The molecule has 2 aliphatic carbocycles. The van der Waals surface area contributed by atoms with Crippen LogP contribution in [0.5, 0.6) is 0 Å². The molecule has 1 aliphatic heterocycles. The second-order valence-corrected chi connectivity index (χ2v) is 10.5. The topological polar surface area (TPSA) is 15.3 Å². The monoisotopic (exact) mass is 500 g/mol. The highest BCUT2D eigenvalue weighted by Crippen LogP contribution is 2.64. The number of allylic oxidation sites excluding steroid dienone is 4. The second kappa shape index (κ2) is 8.61. The standard InChI is InChI=1S/C37H28N2/c1-3-14-26(15-4-1)38-33-23-13-22-32-36(33)28-18-7-8-19-29(28)37(32)30-20-9-11-24-34(30)39(27-16-5-2-6-17-27)35-25-12-10-21-31(35)37/h1-6,8-17,19-25,38H,7,18H2. The van der Waals surface area contributed by atoms with Gasteiger partial charge in [-0.15, -0.1) is 0 Å². The lowest BCUT2D eigenvalue weighted by molar-refractivity contribution is 0.742. The molecule has 186 valence electrons. The van der Waals surface area contributed by atoms with Gasteiger partial charge in [-0.3, -0.25) is 0 Å². The maximum absolute atomic E-state index is 3.77. The minimum Gasteiger partial charge on any atom is -0.355 e. The van der Waals surface area contributed by atoms with E-state index in [0.29, 0.717) is 0 Å². The van der Waals surface area contributed by atoms with E-state index in [1.54, 1.807) is 0 Å². The molecule has 0 atom stereocenters. The molecule has 0 radical (unpaired) electrons. The number of nitrogens with zero attached hydrogens (tertiary/aromatic N) is 1. The van der Waals surface area contributed by atoms with Gasteiger partial charge >= 0.3 is 0 Å². The number of para-hydroxylation sites is 4. The van der Waals surface area contributed by atoms with Gasteiger partial charge in [0.1, 0.15) is 0 Å². The number of benzene rings is 5. The summed E-state index contributed by atoms with van der Waals surface area (Å²) in [4.78, 5) is 2.44. The van der Waals surface area contributed by atoms with Crippen molar-refractivity contribution in [2.75, 3.05) is 10.2 Å². The summed E-state index contributed by atoms with van der Waals surface area (Å²) in [6.07, 6.45) is 6.89. The summed E-state index contributed by atoms with van der Waals surface area (Å²) in [5.41, 5.74) is 13.8. The Morgan fingerprint density at radius 3 is 1.92 bits per heavy atom. The van der Waals surface area contributed by atoms with Crippen molar-refractivity contribution < 1.29 is 0 Å². The van der Waals surface area contributed by atoms with Gasteiger partial charge in [-0.05, 0) is 83.1 Å². The molecular formula is C37H28N2. The molecule has 0 saturated heterocycles. The number of nitrogens with one attached hydrogen (secondary N) is 1. The molecule has 0 bridgehead atoms. The minimum absolute atomic E-state index is 0.381. The third-order valence-electron chi connectivity index (χ3n) is 8.51. The van der Waals surface area contributed by atoms with Gasteiger partial charge in [0.2, 0.25) is 0 Å². The summed E-state index contributed by atoms with van der Waals surface area (Å²) in [5.74, 6) is 0. The molecule has 0 aromatic heterocycles. The first-order chi connectivity index (χ1) is 19.4. The maximum atomic E-state index is 3.77. The molecule has 2 nitrogen and oxygen atoms in total. The Hall–Kier alpha value is -4.82. The molecule has 0 saturated carbocycles. The van der Waals surface area contributed by atoms with Gasteiger partial charge in [0.25, 0.3) is 0 Å². The Balaban J connectivity index is 1.46. The fraction of sp³-hybridized carbons (Fsp3) is 0.0811. The van der Waals surface area contributed by atoms with Crippen LogP contribution in [0.1, 0.15) is 35.1 Å². The van der Waals surface area contributed by atoms with E-state index in [1.165, 1.54) is 56.1 Å². The molecule has 1 heterocycles. The molecular weight excluding hydrogens is 472 g/mol. The van der Waals surface area contributed by atoms with Crippen molar-refractivity contribution in [2.45, 2.75) is 18.3 Å². The Morgan fingerprint density at radius 1 is 0.590 bits per heavy atom. The molecule has 3 aliphatic rings. The highest BCUT2D eigenvalue weighted by Gasteiger charge is 2.52. The average molecular weight is 501 g/mol. The van der Waals surface area contributed by atoms with Gasteiger partial charge in [0.15, 0.2) is 0 Å². The zero-order chi connectivity index (χ0) is 25.8. The molecule has 0 unspecified atom stereocenters. The first-order valence-corrected chi connectivity index (χ1v) is 13.8. The molecule has 8 rings (SSSR count). The van der Waals surface area contributed by atoms with Gasteiger partial charge in [0.05, 0.1) is 16.8 Å². The number of hydrogen-bond donors (Lipinski definition) is 1. The van der Waals surface area contributed by atoms with Crippen molar-refractivity contribution in [3.05, 3.63) is 167 Å². The predicted octanol–water partition coefficient (Wildman–Crippen LogP) is 9.66. The molecule has 2 heteroatoms. The SMILES string of the molecule is C1=CC2=C(CC1)c1c(Nc3ccccc3)cccc1C21c2ccccc2N(c2ccccc2)c2ccccc21. The van der Waals surface area contributed by atoms with Crippen molar-refractivity contribution in [1.29, 1.82) is 0 Å². The van der Waals surface area contributed by atoms with Crippen molar-refractivity contribution in [2.24, 2.45) is 0 Å². The highest BCUT2D eigenvalue weighted by atomic mass is 15.2. The van der Waals surface area contributed by atoms with Crippen LogP contribution in [0.4, 0.5) is 28.4 Å². The van der Waals surface area contributed by atoms with Gasteiger partial charge in [-0.25, -0.2) is 0 Å². The van der Waals surface area contributed by atoms with E-state index in [9.17, 15) is 0 Å². The lowest BCUT2D eigenvalue weighted by atomic mass is 9.63. The third kappa shape index (κ3) is 3.09. The van der Waals surface area contributed by atoms with Gasteiger partial charge in [-0.2, -0.15) is 0 Å². The summed E-state index contributed by atoms with van der Waals surface area (Å²) in [5, 5.41) is 3.77. The van der Waals surface area contributed by atoms with Crippen LogP contribution in [0.25, 0.3) is 5.57 Å². The summed E-state index contributed by atoms with van der Waals surface area (Å²) in [6, 6.07) is 46.1. The van der Waals surface area contributed by atoms with Crippen LogP contribution in [0, 0.1) is 0 Å². The largest absolute Gasteiger partial charge is 0.355 e. The van der Waals surface area contributed by atoms with Crippen LogP contribution in [-0.4, -0.2) is 0 Å². The van der Waals surface area contributed by atoms with E-state index < -0.39 is 0 Å².